The highest BCUT2D eigenvalue weighted by Gasteiger charge is 2.18. The van der Waals surface area contributed by atoms with Gasteiger partial charge in [-0.05, 0) is 36.1 Å². The molecule has 0 fully saturated rings. The zero-order chi connectivity index (χ0) is 21.3. The van der Waals surface area contributed by atoms with Crippen LogP contribution in [-0.4, -0.2) is 23.9 Å². The maximum atomic E-state index is 12.6. The number of anilines is 2. The first-order valence-electron chi connectivity index (χ1n) is 9.82. The average Bonchev–Trinajstić information content (AvgIpc) is 2.76. The SMILES string of the molecule is N[C@H](Cc1ccccc1)C(=O)Nc1ccccc1NC(=O)[C@H](N)Cc1ccccc1. The van der Waals surface area contributed by atoms with Crippen LogP contribution in [0.1, 0.15) is 11.1 Å². The van der Waals surface area contributed by atoms with E-state index < -0.39 is 12.1 Å². The van der Waals surface area contributed by atoms with Crippen molar-refractivity contribution in [3.63, 3.8) is 0 Å². The van der Waals surface area contributed by atoms with Gasteiger partial charge in [-0.25, -0.2) is 0 Å². The minimum atomic E-state index is -0.712. The molecule has 0 aliphatic carbocycles. The van der Waals surface area contributed by atoms with Gasteiger partial charge >= 0.3 is 0 Å². The molecule has 0 heterocycles. The quantitative estimate of drug-likeness (QED) is 0.464. The highest BCUT2D eigenvalue weighted by Crippen LogP contribution is 2.21. The molecule has 3 aromatic rings. The topological polar surface area (TPSA) is 110 Å². The van der Waals surface area contributed by atoms with E-state index in [0.717, 1.165) is 11.1 Å². The number of hydrogen-bond donors (Lipinski definition) is 4. The molecule has 0 aromatic heterocycles. The van der Waals surface area contributed by atoms with Crippen LogP contribution < -0.4 is 22.1 Å². The second-order valence-corrected chi connectivity index (χ2v) is 7.12. The lowest BCUT2D eigenvalue weighted by molar-refractivity contribution is -0.118. The molecule has 0 radical (unpaired) electrons. The Hall–Kier alpha value is -3.48. The monoisotopic (exact) mass is 402 g/mol. The second kappa shape index (κ2) is 10.3. The van der Waals surface area contributed by atoms with Crippen LogP contribution in [0.3, 0.4) is 0 Å². The van der Waals surface area contributed by atoms with E-state index in [0.29, 0.717) is 24.2 Å². The second-order valence-electron chi connectivity index (χ2n) is 7.12. The number of carbonyl (C=O) groups is 2. The van der Waals surface area contributed by atoms with Crippen molar-refractivity contribution in [2.24, 2.45) is 11.5 Å². The van der Waals surface area contributed by atoms with Gasteiger partial charge in [0.15, 0.2) is 0 Å². The van der Waals surface area contributed by atoms with Gasteiger partial charge in [0.1, 0.15) is 0 Å². The molecule has 2 atom stereocenters. The smallest absolute Gasteiger partial charge is 0.241 e. The molecule has 0 aliphatic rings. The Labute approximate surface area is 176 Å². The number of para-hydroxylation sites is 2. The molecule has 6 N–H and O–H groups in total. The lowest BCUT2D eigenvalue weighted by Crippen LogP contribution is -2.39. The Morgan fingerprint density at radius 3 is 1.30 bits per heavy atom. The predicted octanol–water partition coefficient (Wildman–Crippen LogP) is 2.70. The normalized spacial score (nSPS) is 12.6. The van der Waals surface area contributed by atoms with Crippen molar-refractivity contribution in [3.05, 3.63) is 96.1 Å². The number of carbonyl (C=O) groups excluding carboxylic acids is 2. The number of nitrogens with one attached hydrogen (secondary N) is 2. The lowest BCUT2D eigenvalue weighted by Gasteiger charge is -2.17. The van der Waals surface area contributed by atoms with Crippen LogP contribution >= 0.6 is 0 Å². The molecular weight excluding hydrogens is 376 g/mol. The van der Waals surface area contributed by atoms with E-state index in [1.807, 2.05) is 60.7 Å². The minimum Gasteiger partial charge on any atom is -0.323 e. The van der Waals surface area contributed by atoms with Crippen molar-refractivity contribution in [3.8, 4) is 0 Å². The summed E-state index contributed by atoms with van der Waals surface area (Å²) in [6.45, 7) is 0. The summed E-state index contributed by atoms with van der Waals surface area (Å²) < 4.78 is 0. The van der Waals surface area contributed by atoms with Gasteiger partial charge in [0.2, 0.25) is 11.8 Å². The van der Waals surface area contributed by atoms with E-state index in [9.17, 15) is 9.59 Å². The summed E-state index contributed by atoms with van der Waals surface area (Å²) in [7, 11) is 0. The molecule has 154 valence electrons. The number of nitrogens with two attached hydrogens (primary N) is 2. The van der Waals surface area contributed by atoms with E-state index in [1.165, 1.54) is 0 Å². The van der Waals surface area contributed by atoms with Crippen molar-refractivity contribution in [1.29, 1.82) is 0 Å². The van der Waals surface area contributed by atoms with Crippen LogP contribution in [0.4, 0.5) is 11.4 Å². The largest absolute Gasteiger partial charge is 0.323 e. The molecule has 6 heteroatoms. The Morgan fingerprint density at radius 2 is 0.933 bits per heavy atom. The van der Waals surface area contributed by atoms with Gasteiger partial charge in [-0.1, -0.05) is 72.8 Å². The van der Waals surface area contributed by atoms with Gasteiger partial charge in [-0.3, -0.25) is 9.59 Å². The number of hydrogen-bond acceptors (Lipinski definition) is 4. The van der Waals surface area contributed by atoms with Gasteiger partial charge in [0.05, 0.1) is 23.5 Å². The first kappa shape index (κ1) is 21.2. The Balaban J connectivity index is 1.62. The molecule has 6 nitrogen and oxygen atoms in total. The van der Waals surface area contributed by atoms with Crippen molar-refractivity contribution in [2.75, 3.05) is 10.6 Å². The summed E-state index contributed by atoms with van der Waals surface area (Å²) in [5, 5.41) is 5.61. The summed E-state index contributed by atoms with van der Waals surface area (Å²) in [4.78, 5) is 25.1. The summed E-state index contributed by atoms with van der Waals surface area (Å²) in [6.07, 6.45) is 0.840. The maximum absolute atomic E-state index is 12.6. The number of amides is 2. The van der Waals surface area contributed by atoms with Crippen LogP contribution in [0.2, 0.25) is 0 Å². The molecule has 0 aliphatic heterocycles. The zero-order valence-corrected chi connectivity index (χ0v) is 16.6. The highest BCUT2D eigenvalue weighted by molar-refractivity contribution is 6.02. The number of benzene rings is 3. The average molecular weight is 402 g/mol. The van der Waals surface area contributed by atoms with Crippen LogP contribution in [0.25, 0.3) is 0 Å². The fourth-order valence-electron chi connectivity index (χ4n) is 3.07. The predicted molar refractivity (Wildman–Crippen MR) is 120 cm³/mol. The van der Waals surface area contributed by atoms with Crippen LogP contribution in [0, 0.1) is 0 Å². The van der Waals surface area contributed by atoms with E-state index in [1.54, 1.807) is 24.3 Å². The van der Waals surface area contributed by atoms with Crippen molar-refractivity contribution < 1.29 is 9.59 Å². The first-order valence-corrected chi connectivity index (χ1v) is 9.82. The van der Waals surface area contributed by atoms with Crippen molar-refractivity contribution in [1.82, 2.24) is 0 Å². The molecule has 30 heavy (non-hydrogen) atoms. The highest BCUT2D eigenvalue weighted by atomic mass is 16.2. The van der Waals surface area contributed by atoms with E-state index >= 15 is 0 Å². The standard InChI is InChI=1S/C24H26N4O2/c25-19(15-17-9-3-1-4-10-17)23(29)27-21-13-7-8-14-22(21)28-24(30)20(26)16-18-11-5-2-6-12-18/h1-14,19-20H,15-16,25-26H2,(H,27,29)(H,28,30)/t19-,20-/m1/s1. The lowest BCUT2D eigenvalue weighted by atomic mass is 10.1. The third-order valence-electron chi connectivity index (χ3n) is 4.71. The van der Waals surface area contributed by atoms with Crippen LogP contribution in [0.5, 0.6) is 0 Å². The Bertz CT molecular complexity index is 896. The van der Waals surface area contributed by atoms with Gasteiger partial charge in [0.25, 0.3) is 0 Å². The third-order valence-corrected chi connectivity index (χ3v) is 4.71. The molecule has 3 aromatic carbocycles. The van der Waals surface area contributed by atoms with Gasteiger partial charge in [-0.2, -0.15) is 0 Å². The summed E-state index contributed by atoms with van der Waals surface area (Å²) in [5.41, 5.74) is 15.0. The zero-order valence-electron chi connectivity index (χ0n) is 16.6. The molecule has 2 amide bonds. The third kappa shape index (κ3) is 6.01. The molecule has 3 rings (SSSR count). The summed E-state index contributed by atoms with van der Waals surface area (Å²) >= 11 is 0. The van der Waals surface area contributed by atoms with E-state index in [2.05, 4.69) is 10.6 Å². The Morgan fingerprint density at radius 1 is 0.600 bits per heavy atom. The fourth-order valence-corrected chi connectivity index (χ4v) is 3.07. The minimum absolute atomic E-state index is 0.325. The van der Waals surface area contributed by atoms with Gasteiger partial charge < -0.3 is 22.1 Å². The van der Waals surface area contributed by atoms with Crippen molar-refractivity contribution >= 4 is 23.2 Å². The first-order chi connectivity index (χ1) is 14.5. The Kier molecular flexibility index (Phi) is 7.32. The number of rotatable bonds is 8. The molecular formula is C24H26N4O2. The van der Waals surface area contributed by atoms with Crippen molar-refractivity contribution in [2.45, 2.75) is 24.9 Å². The van der Waals surface area contributed by atoms with Crippen LogP contribution in [0.15, 0.2) is 84.9 Å². The van der Waals surface area contributed by atoms with Gasteiger partial charge in [-0.15, -0.1) is 0 Å². The molecule has 0 unspecified atom stereocenters. The maximum Gasteiger partial charge on any atom is 0.241 e. The molecule has 0 bridgehead atoms. The summed E-state index contributed by atoms with van der Waals surface area (Å²) in [6, 6.07) is 24.7. The van der Waals surface area contributed by atoms with Gasteiger partial charge in [0, 0.05) is 0 Å². The van der Waals surface area contributed by atoms with E-state index in [-0.39, 0.29) is 11.8 Å². The summed E-state index contributed by atoms with van der Waals surface area (Å²) in [5.74, 6) is -0.650. The molecule has 0 saturated carbocycles. The fraction of sp³-hybridized carbons (Fsp3) is 0.167. The van der Waals surface area contributed by atoms with Crippen LogP contribution in [-0.2, 0) is 22.4 Å². The van der Waals surface area contributed by atoms with E-state index in [4.69, 9.17) is 11.5 Å². The molecule has 0 saturated heterocycles. The molecule has 0 spiro atoms.